The number of rotatable bonds is 41. The molecule has 6 heterocycles. The maximum Gasteiger partial charge on any atom is 0.470 e. The number of sulfonamides is 1. The molecule has 47 nitrogen and oxygen atoms in total. The van der Waals surface area contributed by atoms with Gasteiger partial charge in [-0.2, -0.15) is 67.6 Å². The first-order chi connectivity index (χ1) is 59.4. The van der Waals surface area contributed by atoms with Gasteiger partial charge in [0.15, 0.2) is 11.6 Å². The van der Waals surface area contributed by atoms with Gasteiger partial charge < -0.3 is 45.2 Å². The van der Waals surface area contributed by atoms with E-state index in [9.17, 15) is 98.4 Å². The van der Waals surface area contributed by atoms with Crippen LogP contribution in [0.5, 0.6) is 0 Å². The Hall–Kier alpha value is -9.27. The summed E-state index contributed by atoms with van der Waals surface area (Å²) in [6, 6.07) is 2.99. The van der Waals surface area contributed by atoms with Crippen molar-refractivity contribution in [2.45, 2.75) is 328 Å². The minimum absolute atomic E-state index is 0.108. The zero-order chi connectivity index (χ0) is 99.2. The van der Waals surface area contributed by atoms with Crippen LogP contribution in [0, 0.1) is 0 Å². The number of nitrogens with zero attached hydrogens (tertiary/aromatic N) is 8. The number of amides is 2. The number of aromatic nitrogens is 10. The molecule has 0 bridgehead atoms. The quantitative estimate of drug-likeness (QED) is 0.0112. The second-order valence-corrected chi connectivity index (χ2v) is 33.5. The van der Waals surface area contributed by atoms with Gasteiger partial charge in [0.1, 0.15) is 23.2 Å². The largest absolute Gasteiger partial charge is 0.481 e. The minimum atomic E-state index is -4.85. The molecule has 744 valence electrons. The summed E-state index contributed by atoms with van der Waals surface area (Å²) in [5, 5.41) is 75.9. The van der Waals surface area contributed by atoms with Gasteiger partial charge in [-0.05, 0) is 89.9 Å². The van der Waals surface area contributed by atoms with E-state index in [2.05, 4.69) is 118 Å². The number of carbonyl (C=O) groups is 7. The number of hydroxylamine groups is 2. The van der Waals surface area contributed by atoms with Crippen LogP contribution in [0.15, 0.2) is 39.6 Å². The van der Waals surface area contributed by atoms with Gasteiger partial charge in [0.05, 0.1) is 17.3 Å². The maximum absolute atomic E-state index is 11.5. The fourth-order valence-corrected chi connectivity index (χ4v) is 10.8. The molecule has 16 N–H and O–H groups in total. The molecule has 4 aromatic heterocycles. The summed E-state index contributed by atoms with van der Waals surface area (Å²) in [5.74, 6) is -3.56. The highest BCUT2D eigenvalue weighted by Crippen LogP contribution is 2.13. The number of halogens is 3. The molecule has 0 saturated carbocycles. The lowest BCUT2D eigenvalue weighted by molar-refractivity contribution is -0.150. The molecule has 0 aliphatic carbocycles. The zero-order valence-corrected chi connectivity index (χ0v) is 79.3. The van der Waals surface area contributed by atoms with Crippen LogP contribution in [0.1, 0.15) is 319 Å². The van der Waals surface area contributed by atoms with Crippen LogP contribution >= 0.6 is 0 Å². The number of carboxylic acids is 5. The van der Waals surface area contributed by atoms with E-state index in [1.54, 1.807) is 6.92 Å². The third-order valence-electron chi connectivity index (χ3n) is 13.7. The number of aromatic amines is 4. The van der Waals surface area contributed by atoms with E-state index in [4.69, 9.17) is 43.7 Å². The number of aryl methyl sites for hydroxylation is 4. The fourth-order valence-electron chi connectivity index (χ4n) is 7.09. The molecule has 0 fully saturated rings. The van der Waals surface area contributed by atoms with Crippen LogP contribution in [0.3, 0.4) is 0 Å². The van der Waals surface area contributed by atoms with Crippen molar-refractivity contribution in [3.8, 4) is 0 Å². The average Bonchev–Trinajstić information content (AvgIpc) is 1.78. The maximum atomic E-state index is 11.5. The number of alkyl halides is 3. The molecule has 0 aromatic carbocycles. The Labute approximate surface area is 742 Å². The highest BCUT2D eigenvalue weighted by molar-refractivity contribution is 7.89. The van der Waals surface area contributed by atoms with Crippen LogP contribution in [0.4, 0.5) is 13.2 Å². The standard InChI is InChI=1S/2C7H11NO2.C5H10F3NO2S.2C5H10N4.2C5H10N2O3S.2C5H9NO3.3C5H10O2.2C4H10O3S/c2*1-2-3-4-6-5-7(9)8-10-6;1-2-3-4-12(10,11)9-5(6,7)8;2*1-2-3-4-5-6-8-9-7-5;2*1-2-3-4-5-6-10-11(8,9)7-5;2*1-2-3-6-4(7)5(8)9;3*1-2-3-4-5(6)7;2*1-2-3-4-8(5,6)7/h2*5H,2-4H2,1H3,(H,8,9);9H,2-4H2,1H3;2*2-4H2,1H3,(H,6,7,8,9);2*2-4H2,1H3,(H,6,7);2*2-3H2,1H3,(H,6,7)(H,8,9);3*2-4H2,1H3,(H,6,7);2*2-4H2,1H3,(H,5,6,7). The number of tetrazole rings is 2. The Morgan fingerprint density at radius 3 is 0.874 bits per heavy atom. The smallest absolute Gasteiger partial charge is 0.470 e. The lowest BCUT2D eigenvalue weighted by atomic mass is 10.2. The molecule has 0 atom stereocenters. The number of amidine groups is 2. The molecule has 55 heteroatoms. The summed E-state index contributed by atoms with van der Waals surface area (Å²) >= 11 is 0. The Morgan fingerprint density at radius 1 is 0.409 bits per heavy atom. The van der Waals surface area contributed by atoms with Gasteiger partial charge in [0.25, 0.3) is 31.4 Å². The number of nitrogens with one attached hydrogen (secondary N) is 9. The molecule has 0 unspecified atom stereocenters. The predicted molar refractivity (Wildman–Crippen MR) is 466 cm³/mol. The second kappa shape index (κ2) is 86.1. The SMILES string of the molecule is CCCCC(=O)O.CCCCC(=O)O.CCCCC(=O)O.CCCCC1=NS(=O)(=O)ON1.CCCCC1=NS(=O)(=O)ON1.CCCCS(=O)(=O)NC(F)(F)F.CCCCS(=O)(=O)O.CCCCS(=O)(=O)O.CCCCc1cc(=O)[nH]o1.CCCCc1cc(=O)[nH]o1.CCCCc1nn[nH]n1.CCCCc1nn[nH]n1.CCCNC(=O)C(=O)O.CCCNC(=O)C(=O)O. The third kappa shape index (κ3) is 111. The second-order valence-electron chi connectivity index (χ2n) is 26.1. The Balaban J connectivity index is -0.000000201. The first kappa shape index (κ1) is 133. The van der Waals surface area contributed by atoms with Crippen LogP contribution < -0.4 is 37.4 Å². The first-order valence-corrected chi connectivity index (χ1v) is 49.0. The summed E-state index contributed by atoms with van der Waals surface area (Å²) < 4.78 is 179. The fraction of sp³-hybridized carbons (Fsp3) is 0.764. The van der Waals surface area contributed by atoms with Crippen molar-refractivity contribution in [1.29, 1.82) is 0 Å². The van der Waals surface area contributed by atoms with E-state index in [0.717, 1.165) is 177 Å². The highest BCUT2D eigenvalue weighted by atomic mass is 32.2. The van der Waals surface area contributed by atoms with Gasteiger partial charge in [-0.3, -0.25) is 42.7 Å². The van der Waals surface area contributed by atoms with E-state index in [0.29, 0.717) is 80.8 Å². The molecule has 127 heavy (non-hydrogen) atoms. The van der Waals surface area contributed by atoms with E-state index < -0.39 is 105 Å². The summed E-state index contributed by atoms with van der Waals surface area (Å²) in [6.45, 7) is 28.4. The van der Waals surface area contributed by atoms with Crippen molar-refractivity contribution in [3.63, 3.8) is 0 Å². The summed E-state index contributed by atoms with van der Waals surface area (Å²) in [6.07, 6.45) is 24.0. The van der Waals surface area contributed by atoms with Gasteiger partial charge in [-0.15, -0.1) is 42.5 Å². The molecule has 0 radical (unpaired) electrons. The summed E-state index contributed by atoms with van der Waals surface area (Å²) in [4.78, 5) is 90.3. The molecule has 6 rings (SSSR count). The third-order valence-corrected chi connectivity index (χ3v) is 18.2. The molecule has 2 aliphatic heterocycles. The lowest BCUT2D eigenvalue weighted by Crippen LogP contribution is -2.38. The lowest BCUT2D eigenvalue weighted by Gasteiger charge is -2.08. The average molecular weight is 1940 g/mol. The van der Waals surface area contributed by atoms with Crippen LogP contribution in [-0.4, -0.2) is 218 Å². The van der Waals surface area contributed by atoms with Gasteiger partial charge in [-0.1, -0.05) is 184 Å². The zero-order valence-electron chi connectivity index (χ0n) is 75.2. The molecule has 4 aromatic rings. The topological polar surface area (TPSA) is 736 Å². The van der Waals surface area contributed by atoms with E-state index in [-0.39, 0.29) is 29.0 Å². The highest BCUT2D eigenvalue weighted by Gasteiger charge is 2.33. The van der Waals surface area contributed by atoms with Crippen LogP contribution in [0.2, 0.25) is 0 Å². The van der Waals surface area contributed by atoms with Gasteiger partial charge in [0.2, 0.25) is 10.0 Å². The van der Waals surface area contributed by atoms with Crippen molar-refractivity contribution >= 4 is 104 Å². The normalized spacial score (nSPS) is 12.0. The Kier molecular flexibility index (Phi) is 90.4. The van der Waals surface area contributed by atoms with Crippen LogP contribution in [0.25, 0.3) is 0 Å². The van der Waals surface area contributed by atoms with Crippen molar-refractivity contribution in [1.82, 2.24) is 77.9 Å². The molecule has 2 aliphatic rings. The van der Waals surface area contributed by atoms with Gasteiger partial charge in [0, 0.05) is 83.0 Å². The van der Waals surface area contributed by atoms with Crippen molar-refractivity contribution in [3.05, 3.63) is 56.0 Å². The summed E-state index contributed by atoms with van der Waals surface area (Å²) in [5.41, 5.74) is 4.19. The number of hydrogen-bond acceptors (Lipinski definition) is 31. The van der Waals surface area contributed by atoms with Crippen molar-refractivity contribution < 1.29 is 141 Å². The van der Waals surface area contributed by atoms with Crippen LogP contribution in [-0.2, 0) is 119 Å². The van der Waals surface area contributed by atoms with Gasteiger partial charge >= 0.3 is 68.6 Å². The minimum Gasteiger partial charge on any atom is -0.481 e. The number of H-pyrrole nitrogens is 4. The number of unbranched alkanes of at least 4 members (excludes halogenated alkanes) is 12. The predicted octanol–water partition coefficient (Wildman–Crippen LogP) is 9.97. The number of carboxylic acid groups (broad SMARTS) is 5. The summed E-state index contributed by atoms with van der Waals surface area (Å²) in [7, 11) is -18.8. The van der Waals surface area contributed by atoms with Gasteiger partial charge in [-0.25, -0.2) is 29.0 Å². The van der Waals surface area contributed by atoms with E-state index >= 15 is 0 Å². The molecular formula is C72H140F3N17O30S5. The number of carbonyl (C=O) groups excluding carboxylic acids is 2. The van der Waals surface area contributed by atoms with E-state index in [1.807, 2.05) is 62.3 Å². The van der Waals surface area contributed by atoms with Crippen molar-refractivity contribution in [2.24, 2.45) is 8.80 Å². The Bertz CT molecular complexity index is 3940. The first-order valence-electron chi connectivity index (χ1n) is 41.4. The molecule has 0 saturated heterocycles. The monoisotopic (exact) mass is 1940 g/mol. The Morgan fingerprint density at radius 2 is 0.685 bits per heavy atom. The van der Waals surface area contributed by atoms with Crippen molar-refractivity contribution in [2.75, 3.05) is 30.3 Å². The molecule has 2 amide bonds. The molecule has 0 spiro atoms. The molecular weight excluding hydrogens is 1800 g/mol. The number of hydrogen-bond donors (Lipinski definition) is 16. The number of aliphatic carboxylic acids is 5. The van der Waals surface area contributed by atoms with E-state index in [1.165, 1.54) is 25.0 Å².